The molecule has 5 aromatic rings. The van der Waals surface area contributed by atoms with E-state index >= 15 is 0 Å². The van der Waals surface area contributed by atoms with Crippen LogP contribution in [-0.2, 0) is 0 Å². The van der Waals surface area contributed by atoms with Gasteiger partial charge >= 0.3 is 0 Å². The summed E-state index contributed by atoms with van der Waals surface area (Å²) in [5.74, 6) is 1.36. The Morgan fingerprint density at radius 1 is 0.857 bits per heavy atom. The van der Waals surface area contributed by atoms with Crippen LogP contribution in [0.15, 0.2) is 106 Å². The maximum atomic E-state index is 13.7. The first-order chi connectivity index (χ1) is 17.1. The molecule has 0 saturated carbocycles. The molecule has 1 aliphatic rings. The summed E-state index contributed by atoms with van der Waals surface area (Å²) >= 11 is 0. The number of fused-ring (bicyclic) bond motifs is 2. The fourth-order valence-corrected chi connectivity index (χ4v) is 4.45. The van der Waals surface area contributed by atoms with Gasteiger partial charge in [-0.05, 0) is 60.5 Å². The van der Waals surface area contributed by atoms with Crippen molar-refractivity contribution in [3.8, 4) is 11.5 Å². The largest absolute Gasteiger partial charge is 0.457 e. The Morgan fingerprint density at radius 2 is 1.63 bits per heavy atom. The molecular weight excluding hydrogens is 440 g/mol. The monoisotopic (exact) mass is 460 g/mol. The van der Waals surface area contributed by atoms with E-state index in [0.717, 1.165) is 11.1 Å². The van der Waals surface area contributed by atoms with Gasteiger partial charge in [-0.1, -0.05) is 48.5 Å². The minimum Gasteiger partial charge on any atom is -0.457 e. The Morgan fingerprint density at radius 3 is 2.43 bits per heavy atom. The molecule has 0 aliphatic carbocycles. The third-order valence-electron chi connectivity index (χ3n) is 6.07. The molecule has 0 fully saturated rings. The van der Waals surface area contributed by atoms with E-state index in [0.29, 0.717) is 33.8 Å². The molecule has 3 heterocycles. The van der Waals surface area contributed by atoms with Crippen LogP contribution in [0.3, 0.4) is 0 Å². The van der Waals surface area contributed by atoms with Crippen LogP contribution in [0, 0.1) is 6.92 Å². The number of amides is 1. The molecule has 35 heavy (non-hydrogen) atoms. The van der Waals surface area contributed by atoms with Gasteiger partial charge in [0, 0.05) is 6.20 Å². The van der Waals surface area contributed by atoms with E-state index in [1.165, 1.54) is 4.90 Å². The molecule has 6 nitrogen and oxygen atoms in total. The van der Waals surface area contributed by atoms with E-state index in [4.69, 9.17) is 9.15 Å². The van der Waals surface area contributed by atoms with Crippen molar-refractivity contribution in [1.29, 1.82) is 0 Å². The number of aryl methyl sites for hydroxylation is 1. The second-order valence-corrected chi connectivity index (χ2v) is 8.43. The van der Waals surface area contributed by atoms with Gasteiger partial charge in [0.05, 0.1) is 17.0 Å². The normalized spacial score (nSPS) is 14.8. The van der Waals surface area contributed by atoms with Crippen LogP contribution in [0.2, 0.25) is 0 Å². The highest BCUT2D eigenvalue weighted by molar-refractivity contribution is 6.10. The quantitative estimate of drug-likeness (QED) is 0.327. The summed E-state index contributed by atoms with van der Waals surface area (Å²) in [4.78, 5) is 33.3. The zero-order chi connectivity index (χ0) is 23.9. The van der Waals surface area contributed by atoms with Crippen molar-refractivity contribution < 1.29 is 13.9 Å². The Balaban J connectivity index is 1.55. The Hall–Kier alpha value is -4.71. The fraction of sp³-hybridized carbons (Fsp3) is 0.0690. The summed E-state index contributed by atoms with van der Waals surface area (Å²) in [5, 5.41) is 0.430. The van der Waals surface area contributed by atoms with Gasteiger partial charge in [0.25, 0.3) is 5.91 Å². The topological polar surface area (TPSA) is 72.6 Å². The summed E-state index contributed by atoms with van der Waals surface area (Å²) in [6.07, 6.45) is 1.70. The first-order valence-corrected chi connectivity index (χ1v) is 11.2. The number of ether oxygens (including phenoxy) is 1. The molecule has 1 aliphatic heterocycles. The number of carbonyl (C=O) groups is 1. The maximum absolute atomic E-state index is 13.7. The smallest absolute Gasteiger partial charge is 0.296 e. The standard InChI is InChI=1S/C29H20N2O4/c1-18-14-15-24(30-17-18)31-26(19-8-7-11-21(16-19)34-20-9-3-2-4-10-20)25-27(32)22-12-5-6-13-23(22)35-28(25)29(31)33/h2-17,26H,1H3. The lowest BCUT2D eigenvalue weighted by Crippen LogP contribution is -2.30. The lowest BCUT2D eigenvalue weighted by Gasteiger charge is -2.24. The van der Waals surface area contributed by atoms with E-state index < -0.39 is 11.9 Å². The molecule has 170 valence electrons. The molecule has 1 atom stereocenters. The van der Waals surface area contributed by atoms with Gasteiger partial charge in [-0.25, -0.2) is 4.98 Å². The molecule has 6 heteroatoms. The highest BCUT2D eigenvalue weighted by atomic mass is 16.5. The van der Waals surface area contributed by atoms with Crippen LogP contribution in [0.1, 0.15) is 33.3 Å². The van der Waals surface area contributed by atoms with Crippen molar-refractivity contribution in [2.24, 2.45) is 0 Å². The summed E-state index contributed by atoms with van der Waals surface area (Å²) in [7, 11) is 0. The van der Waals surface area contributed by atoms with Crippen LogP contribution in [0.4, 0.5) is 5.82 Å². The van der Waals surface area contributed by atoms with Gasteiger partial charge in [-0.3, -0.25) is 14.5 Å². The number of para-hydroxylation sites is 2. The number of benzene rings is 3. The lowest BCUT2D eigenvalue weighted by atomic mass is 9.98. The van der Waals surface area contributed by atoms with Gasteiger partial charge in [0.1, 0.15) is 22.9 Å². The third-order valence-corrected chi connectivity index (χ3v) is 6.07. The number of anilines is 1. The third kappa shape index (κ3) is 3.56. The SMILES string of the molecule is Cc1ccc(N2C(=O)c3oc4ccccc4c(=O)c3C2c2cccc(Oc3ccccc3)c2)nc1. The van der Waals surface area contributed by atoms with Gasteiger partial charge in [0.2, 0.25) is 5.76 Å². The zero-order valence-electron chi connectivity index (χ0n) is 18.8. The molecule has 0 bridgehead atoms. The van der Waals surface area contributed by atoms with Crippen LogP contribution in [-0.4, -0.2) is 10.9 Å². The first-order valence-electron chi connectivity index (χ1n) is 11.2. The summed E-state index contributed by atoms with van der Waals surface area (Å²) < 4.78 is 12.0. The minimum atomic E-state index is -0.715. The molecule has 2 aromatic heterocycles. The van der Waals surface area contributed by atoms with Gasteiger partial charge in [-0.15, -0.1) is 0 Å². The number of aromatic nitrogens is 1. The van der Waals surface area contributed by atoms with Crippen molar-refractivity contribution >= 4 is 22.7 Å². The zero-order valence-corrected chi connectivity index (χ0v) is 18.8. The molecule has 0 N–H and O–H groups in total. The Kier molecular flexibility index (Phi) is 4.92. The number of rotatable bonds is 4. The number of hydrogen-bond donors (Lipinski definition) is 0. The van der Waals surface area contributed by atoms with Crippen LogP contribution < -0.4 is 15.1 Å². The maximum Gasteiger partial charge on any atom is 0.296 e. The van der Waals surface area contributed by atoms with E-state index in [-0.39, 0.29) is 11.2 Å². The van der Waals surface area contributed by atoms with Gasteiger partial charge in [0.15, 0.2) is 5.43 Å². The molecule has 1 amide bonds. The van der Waals surface area contributed by atoms with Gasteiger partial charge in [-0.2, -0.15) is 0 Å². The molecular formula is C29H20N2O4. The van der Waals surface area contributed by atoms with Crippen LogP contribution >= 0.6 is 0 Å². The fourth-order valence-electron chi connectivity index (χ4n) is 4.45. The molecule has 0 radical (unpaired) electrons. The first kappa shape index (κ1) is 20.9. The highest BCUT2D eigenvalue weighted by Crippen LogP contribution is 2.41. The van der Waals surface area contributed by atoms with Crippen LogP contribution in [0.25, 0.3) is 11.0 Å². The van der Waals surface area contributed by atoms with E-state index in [1.807, 2.05) is 67.6 Å². The average molecular weight is 460 g/mol. The van der Waals surface area contributed by atoms with E-state index in [1.54, 1.807) is 36.5 Å². The highest BCUT2D eigenvalue weighted by Gasteiger charge is 2.44. The summed E-state index contributed by atoms with van der Waals surface area (Å²) in [6, 6.07) is 26.8. The predicted molar refractivity (Wildman–Crippen MR) is 133 cm³/mol. The van der Waals surface area contributed by atoms with Crippen molar-refractivity contribution in [1.82, 2.24) is 4.98 Å². The lowest BCUT2D eigenvalue weighted by molar-refractivity contribution is 0.0970. The molecule has 0 spiro atoms. The second kappa shape index (κ2) is 8.25. The molecule has 3 aromatic carbocycles. The molecule has 6 rings (SSSR count). The summed E-state index contributed by atoms with van der Waals surface area (Å²) in [5.41, 5.74) is 2.13. The van der Waals surface area contributed by atoms with Crippen molar-refractivity contribution in [2.75, 3.05) is 4.90 Å². The van der Waals surface area contributed by atoms with E-state index in [9.17, 15) is 9.59 Å². The Labute approximate surface area is 201 Å². The van der Waals surface area contributed by atoms with Crippen molar-refractivity contribution in [3.63, 3.8) is 0 Å². The van der Waals surface area contributed by atoms with E-state index in [2.05, 4.69) is 4.98 Å². The minimum absolute atomic E-state index is 0.0375. The molecule has 1 unspecified atom stereocenters. The second-order valence-electron chi connectivity index (χ2n) is 8.43. The van der Waals surface area contributed by atoms with Crippen molar-refractivity contribution in [2.45, 2.75) is 13.0 Å². The predicted octanol–water partition coefficient (Wildman–Crippen LogP) is 6.04. The Bertz CT molecular complexity index is 1630. The van der Waals surface area contributed by atoms with Gasteiger partial charge < -0.3 is 9.15 Å². The van der Waals surface area contributed by atoms with Crippen LogP contribution in [0.5, 0.6) is 11.5 Å². The average Bonchev–Trinajstić information content (AvgIpc) is 3.18. The number of hydrogen-bond acceptors (Lipinski definition) is 5. The van der Waals surface area contributed by atoms with Crippen molar-refractivity contribution in [3.05, 3.63) is 130 Å². The number of carbonyl (C=O) groups excluding carboxylic acids is 1. The number of pyridine rings is 1. The molecule has 0 saturated heterocycles. The summed E-state index contributed by atoms with van der Waals surface area (Å²) in [6.45, 7) is 1.93. The number of nitrogens with zero attached hydrogens (tertiary/aromatic N) is 2.